The standard InChI is InChI=1S/C29H26FNO5/c1-3-34-23-12-10-19(16-24(23)35-4-2)26-25-27(32)21-17-20(30)11-13-22(21)36-28(25)29(33)31(26)15-14-18-8-6-5-7-9-18/h5-13,16-17,26H,3-4,14-15H2,1-2H3. The number of hydrogen-bond donors (Lipinski definition) is 0. The van der Waals surface area contributed by atoms with Crippen LogP contribution in [0, 0.1) is 5.82 Å². The van der Waals surface area contributed by atoms with Gasteiger partial charge in [-0.3, -0.25) is 9.59 Å². The molecule has 2 heterocycles. The molecule has 36 heavy (non-hydrogen) atoms. The summed E-state index contributed by atoms with van der Waals surface area (Å²) in [5.41, 5.74) is 1.72. The molecule has 1 aromatic heterocycles. The average Bonchev–Trinajstić information content (AvgIpc) is 3.17. The van der Waals surface area contributed by atoms with Gasteiger partial charge in [-0.25, -0.2) is 4.39 Å². The number of nitrogens with zero attached hydrogens (tertiary/aromatic N) is 1. The van der Waals surface area contributed by atoms with Crippen LogP contribution in [0.5, 0.6) is 11.5 Å². The van der Waals surface area contributed by atoms with Crippen molar-refractivity contribution in [3.63, 3.8) is 0 Å². The van der Waals surface area contributed by atoms with Crippen molar-refractivity contribution in [1.82, 2.24) is 4.90 Å². The van der Waals surface area contributed by atoms with Gasteiger partial charge >= 0.3 is 0 Å². The minimum atomic E-state index is -0.713. The predicted molar refractivity (Wildman–Crippen MR) is 134 cm³/mol. The Morgan fingerprint density at radius 1 is 0.917 bits per heavy atom. The van der Waals surface area contributed by atoms with Gasteiger partial charge in [0.25, 0.3) is 5.91 Å². The van der Waals surface area contributed by atoms with Gasteiger partial charge in [-0.2, -0.15) is 0 Å². The summed E-state index contributed by atoms with van der Waals surface area (Å²) in [5.74, 6) is 0.175. The number of fused-ring (bicyclic) bond motifs is 2. The lowest BCUT2D eigenvalue weighted by Gasteiger charge is -2.26. The van der Waals surface area contributed by atoms with E-state index in [1.54, 1.807) is 17.0 Å². The maximum absolute atomic E-state index is 14.0. The summed E-state index contributed by atoms with van der Waals surface area (Å²) in [6.07, 6.45) is 0.592. The molecule has 5 rings (SSSR count). The predicted octanol–water partition coefficient (Wildman–Crippen LogP) is 5.52. The van der Waals surface area contributed by atoms with Crippen molar-refractivity contribution in [2.24, 2.45) is 0 Å². The lowest BCUT2D eigenvalue weighted by Crippen LogP contribution is -2.31. The van der Waals surface area contributed by atoms with E-state index in [9.17, 15) is 14.0 Å². The van der Waals surface area contributed by atoms with Crippen molar-refractivity contribution in [3.8, 4) is 11.5 Å². The lowest BCUT2D eigenvalue weighted by atomic mass is 9.97. The molecule has 0 aliphatic carbocycles. The minimum absolute atomic E-state index is 0.0102. The molecule has 0 saturated carbocycles. The number of ether oxygens (including phenoxy) is 2. The molecule has 1 amide bonds. The fourth-order valence-electron chi connectivity index (χ4n) is 4.70. The zero-order valence-electron chi connectivity index (χ0n) is 20.1. The number of carbonyl (C=O) groups excluding carboxylic acids is 1. The maximum atomic E-state index is 14.0. The Kier molecular flexibility index (Phi) is 6.46. The van der Waals surface area contributed by atoms with Crippen LogP contribution in [0.25, 0.3) is 11.0 Å². The highest BCUT2D eigenvalue weighted by atomic mass is 19.1. The molecule has 4 aromatic rings. The van der Waals surface area contributed by atoms with Crippen LogP contribution in [0.15, 0.2) is 75.9 Å². The Bertz CT molecular complexity index is 1480. The highest BCUT2D eigenvalue weighted by Gasteiger charge is 2.42. The van der Waals surface area contributed by atoms with Crippen LogP contribution in [0.1, 0.15) is 47.1 Å². The topological polar surface area (TPSA) is 69.0 Å². The SMILES string of the molecule is CCOc1ccc(C2c3c(oc4ccc(F)cc4c3=O)C(=O)N2CCc2ccccc2)cc1OCC. The molecule has 184 valence electrons. The van der Waals surface area contributed by atoms with Gasteiger partial charge in [-0.05, 0) is 61.7 Å². The van der Waals surface area contributed by atoms with E-state index in [-0.39, 0.29) is 28.2 Å². The maximum Gasteiger partial charge on any atom is 0.290 e. The van der Waals surface area contributed by atoms with Gasteiger partial charge in [0, 0.05) is 6.54 Å². The van der Waals surface area contributed by atoms with Crippen LogP contribution in [0.2, 0.25) is 0 Å². The second-order valence-electron chi connectivity index (χ2n) is 8.52. The van der Waals surface area contributed by atoms with E-state index in [2.05, 4.69) is 0 Å². The first kappa shape index (κ1) is 23.6. The molecule has 0 bridgehead atoms. The molecule has 0 radical (unpaired) electrons. The molecule has 6 nitrogen and oxygen atoms in total. The molecule has 7 heteroatoms. The molecular formula is C29H26FNO5. The Labute approximate surface area is 207 Å². The van der Waals surface area contributed by atoms with Crippen LogP contribution in [0.3, 0.4) is 0 Å². The van der Waals surface area contributed by atoms with Gasteiger partial charge in [0.1, 0.15) is 11.4 Å². The molecule has 0 saturated heterocycles. The largest absolute Gasteiger partial charge is 0.490 e. The zero-order valence-corrected chi connectivity index (χ0v) is 20.1. The summed E-state index contributed by atoms with van der Waals surface area (Å²) >= 11 is 0. The van der Waals surface area contributed by atoms with Crippen molar-refractivity contribution in [3.05, 3.63) is 105 Å². The molecule has 0 N–H and O–H groups in total. The van der Waals surface area contributed by atoms with Crippen LogP contribution in [-0.2, 0) is 6.42 Å². The first-order valence-electron chi connectivity index (χ1n) is 12.0. The van der Waals surface area contributed by atoms with E-state index in [0.29, 0.717) is 43.2 Å². The van der Waals surface area contributed by atoms with E-state index in [1.165, 1.54) is 12.1 Å². The van der Waals surface area contributed by atoms with E-state index < -0.39 is 17.3 Å². The van der Waals surface area contributed by atoms with Gasteiger partial charge < -0.3 is 18.8 Å². The van der Waals surface area contributed by atoms with Gasteiger partial charge in [-0.15, -0.1) is 0 Å². The summed E-state index contributed by atoms with van der Waals surface area (Å²) < 4.78 is 31.4. The summed E-state index contributed by atoms with van der Waals surface area (Å²) in [5, 5.41) is 0.104. The number of benzene rings is 3. The zero-order chi connectivity index (χ0) is 25.2. The average molecular weight is 488 g/mol. The third-order valence-electron chi connectivity index (χ3n) is 6.30. The Balaban J connectivity index is 1.66. The van der Waals surface area contributed by atoms with Crippen molar-refractivity contribution in [2.75, 3.05) is 19.8 Å². The fourth-order valence-corrected chi connectivity index (χ4v) is 4.70. The van der Waals surface area contributed by atoms with E-state index in [0.717, 1.165) is 11.6 Å². The van der Waals surface area contributed by atoms with Gasteiger partial charge in [0.05, 0.1) is 30.2 Å². The molecule has 3 aromatic carbocycles. The first-order chi connectivity index (χ1) is 17.5. The van der Waals surface area contributed by atoms with Gasteiger partial charge in [0.2, 0.25) is 5.76 Å². The first-order valence-corrected chi connectivity index (χ1v) is 12.0. The molecular weight excluding hydrogens is 461 g/mol. The summed E-state index contributed by atoms with van der Waals surface area (Å²) in [6, 6.07) is 18.2. The number of amides is 1. The summed E-state index contributed by atoms with van der Waals surface area (Å²) in [6.45, 7) is 5.01. The number of halogens is 1. The van der Waals surface area contributed by atoms with Crippen molar-refractivity contribution >= 4 is 16.9 Å². The van der Waals surface area contributed by atoms with E-state index in [1.807, 2.05) is 50.2 Å². The Hall–Kier alpha value is -4.13. The molecule has 1 atom stereocenters. The molecule has 1 aliphatic heterocycles. The second kappa shape index (κ2) is 9.85. The van der Waals surface area contributed by atoms with Gasteiger partial charge in [0.15, 0.2) is 16.9 Å². The van der Waals surface area contributed by atoms with Crippen LogP contribution in [-0.4, -0.2) is 30.6 Å². The van der Waals surface area contributed by atoms with Crippen LogP contribution in [0.4, 0.5) is 4.39 Å². The van der Waals surface area contributed by atoms with Crippen molar-refractivity contribution < 1.29 is 23.1 Å². The van der Waals surface area contributed by atoms with Crippen molar-refractivity contribution in [2.45, 2.75) is 26.3 Å². The summed E-state index contributed by atoms with van der Waals surface area (Å²) in [7, 11) is 0. The lowest BCUT2D eigenvalue weighted by molar-refractivity contribution is 0.0729. The third kappa shape index (κ3) is 4.21. The molecule has 1 aliphatic rings. The quantitative estimate of drug-likeness (QED) is 0.328. The van der Waals surface area contributed by atoms with Gasteiger partial charge in [-0.1, -0.05) is 36.4 Å². The third-order valence-corrected chi connectivity index (χ3v) is 6.30. The van der Waals surface area contributed by atoms with E-state index in [4.69, 9.17) is 13.9 Å². The summed E-state index contributed by atoms with van der Waals surface area (Å²) in [4.78, 5) is 28.9. The fraction of sp³-hybridized carbons (Fsp3) is 0.241. The molecule has 0 spiro atoms. The number of rotatable bonds is 8. The van der Waals surface area contributed by atoms with Crippen molar-refractivity contribution in [1.29, 1.82) is 0 Å². The van der Waals surface area contributed by atoms with E-state index >= 15 is 0 Å². The highest BCUT2D eigenvalue weighted by Crippen LogP contribution is 2.41. The van der Waals surface area contributed by atoms with Crippen LogP contribution < -0.4 is 14.9 Å². The highest BCUT2D eigenvalue weighted by molar-refractivity contribution is 5.99. The Morgan fingerprint density at radius 2 is 1.67 bits per heavy atom. The molecule has 0 fully saturated rings. The number of hydrogen-bond acceptors (Lipinski definition) is 5. The van der Waals surface area contributed by atoms with Crippen LogP contribution >= 0.6 is 0 Å². The monoisotopic (exact) mass is 487 g/mol. The molecule has 1 unspecified atom stereocenters. The Morgan fingerprint density at radius 3 is 2.42 bits per heavy atom. The second-order valence-corrected chi connectivity index (χ2v) is 8.52. The smallest absolute Gasteiger partial charge is 0.290 e. The minimum Gasteiger partial charge on any atom is -0.490 e. The normalized spacial score (nSPS) is 14.8. The number of carbonyl (C=O) groups is 1.